The van der Waals surface area contributed by atoms with Crippen LogP contribution in [0.1, 0.15) is 12.5 Å². The summed E-state index contributed by atoms with van der Waals surface area (Å²) in [6.45, 7) is 1.46. The second kappa shape index (κ2) is 6.67. The molecule has 0 bridgehead atoms. The summed E-state index contributed by atoms with van der Waals surface area (Å²) < 4.78 is 0.893. The quantitative estimate of drug-likeness (QED) is 0.636. The highest BCUT2D eigenvalue weighted by Gasteiger charge is 2.09. The maximum absolute atomic E-state index is 12.1. The molecule has 0 aliphatic rings. The smallest absolute Gasteiger partial charge is 0.230 e. The number of aromatic nitrogens is 1. The van der Waals surface area contributed by atoms with Gasteiger partial charge in [0, 0.05) is 18.3 Å². The Morgan fingerprint density at radius 2 is 1.88 bits per heavy atom. The van der Waals surface area contributed by atoms with Crippen molar-refractivity contribution >= 4 is 49.9 Å². The molecule has 2 aromatic carbocycles. The Labute approximate surface area is 142 Å². The number of anilines is 3. The van der Waals surface area contributed by atoms with Gasteiger partial charge in [0.25, 0.3) is 0 Å². The minimum atomic E-state index is -0.138. The maximum Gasteiger partial charge on any atom is 0.230 e. The fourth-order valence-corrected chi connectivity index (χ4v) is 3.16. The Bertz CT molecular complexity index is 903. The first-order valence-corrected chi connectivity index (χ1v) is 8.14. The average molecular weight is 340 g/mol. The highest BCUT2D eigenvalue weighted by molar-refractivity contribution is 7.22. The van der Waals surface area contributed by atoms with Crippen LogP contribution >= 0.6 is 11.3 Å². The Morgan fingerprint density at radius 1 is 1.12 bits per heavy atom. The van der Waals surface area contributed by atoms with Gasteiger partial charge in [0.1, 0.15) is 0 Å². The first-order chi connectivity index (χ1) is 11.5. The van der Waals surface area contributed by atoms with Crippen molar-refractivity contribution in [2.24, 2.45) is 0 Å². The first kappa shape index (κ1) is 15.9. The summed E-state index contributed by atoms with van der Waals surface area (Å²) in [5.41, 5.74) is 8.66. The molecule has 122 valence electrons. The molecule has 2 amide bonds. The van der Waals surface area contributed by atoms with Crippen LogP contribution in [0.2, 0.25) is 0 Å². The van der Waals surface area contributed by atoms with Gasteiger partial charge in [-0.15, -0.1) is 0 Å². The van der Waals surface area contributed by atoms with Crippen molar-refractivity contribution < 1.29 is 9.59 Å². The number of rotatable bonds is 4. The number of hydrogen-bond acceptors (Lipinski definition) is 5. The molecule has 0 unspecified atom stereocenters. The van der Waals surface area contributed by atoms with Gasteiger partial charge in [0.2, 0.25) is 11.8 Å². The van der Waals surface area contributed by atoms with E-state index in [-0.39, 0.29) is 18.2 Å². The van der Waals surface area contributed by atoms with Gasteiger partial charge in [0.05, 0.1) is 16.6 Å². The predicted molar refractivity (Wildman–Crippen MR) is 97.1 cm³/mol. The zero-order valence-corrected chi connectivity index (χ0v) is 13.8. The number of carbonyl (C=O) groups is 2. The lowest BCUT2D eigenvalue weighted by Gasteiger charge is -2.02. The largest absolute Gasteiger partial charge is 0.399 e. The molecule has 7 heteroatoms. The van der Waals surface area contributed by atoms with Crippen molar-refractivity contribution in [2.75, 3.05) is 16.4 Å². The van der Waals surface area contributed by atoms with Gasteiger partial charge in [-0.25, -0.2) is 4.98 Å². The SMILES string of the molecule is CC(=O)Nc1ccc2nc(NC(=O)Cc3ccc(N)cc3)sc2c1. The lowest BCUT2D eigenvalue weighted by molar-refractivity contribution is -0.116. The summed E-state index contributed by atoms with van der Waals surface area (Å²) >= 11 is 1.37. The summed E-state index contributed by atoms with van der Waals surface area (Å²) in [7, 11) is 0. The van der Waals surface area contributed by atoms with Crippen molar-refractivity contribution in [1.82, 2.24) is 4.98 Å². The van der Waals surface area contributed by atoms with Crippen LogP contribution in [0.5, 0.6) is 0 Å². The third kappa shape index (κ3) is 3.88. The molecule has 0 aliphatic heterocycles. The number of nitrogens with one attached hydrogen (secondary N) is 2. The average Bonchev–Trinajstić information content (AvgIpc) is 2.90. The molecule has 1 aromatic heterocycles. The molecule has 0 fully saturated rings. The van der Waals surface area contributed by atoms with Crippen LogP contribution in [0.3, 0.4) is 0 Å². The number of fused-ring (bicyclic) bond motifs is 1. The second-order valence-electron chi connectivity index (χ2n) is 5.35. The van der Waals surface area contributed by atoms with Gasteiger partial charge >= 0.3 is 0 Å². The molecule has 0 saturated heterocycles. The molecule has 6 nitrogen and oxygen atoms in total. The Morgan fingerprint density at radius 3 is 2.58 bits per heavy atom. The Hall–Kier alpha value is -2.93. The minimum Gasteiger partial charge on any atom is -0.399 e. The highest BCUT2D eigenvalue weighted by atomic mass is 32.1. The number of hydrogen-bond donors (Lipinski definition) is 3. The van der Waals surface area contributed by atoms with E-state index in [9.17, 15) is 9.59 Å². The summed E-state index contributed by atoms with van der Waals surface area (Å²) in [4.78, 5) is 27.6. The predicted octanol–water partition coefficient (Wildman–Crippen LogP) is 3.02. The van der Waals surface area contributed by atoms with Gasteiger partial charge in [-0.3, -0.25) is 9.59 Å². The second-order valence-corrected chi connectivity index (χ2v) is 6.38. The van der Waals surface area contributed by atoms with Crippen molar-refractivity contribution in [3.63, 3.8) is 0 Å². The zero-order chi connectivity index (χ0) is 17.1. The van der Waals surface area contributed by atoms with E-state index in [1.165, 1.54) is 18.3 Å². The maximum atomic E-state index is 12.1. The summed E-state index contributed by atoms with van der Waals surface area (Å²) in [5.74, 6) is -0.267. The molecule has 0 spiro atoms. The van der Waals surface area contributed by atoms with E-state index in [2.05, 4.69) is 15.6 Å². The van der Waals surface area contributed by atoms with Crippen LogP contribution in [-0.2, 0) is 16.0 Å². The highest BCUT2D eigenvalue weighted by Crippen LogP contribution is 2.28. The number of nitrogens with zero attached hydrogens (tertiary/aromatic N) is 1. The fraction of sp³-hybridized carbons (Fsp3) is 0.118. The number of amides is 2. The monoisotopic (exact) mass is 340 g/mol. The van der Waals surface area contributed by atoms with E-state index < -0.39 is 0 Å². The molecule has 0 radical (unpaired) electrons. The Balaban J connectivity index is 1.71. The minimum absolute atomic E-state index is 0.129. The van der Waals surface area contributed by atoms with Gasteiger partial charge in [-0.1, -0.05) is 23.5 Å². The zero-order valence-electron chi connectivity index (χ0n) is 13.0. The molecule has 0 aliphatic carbocycles. The fourth-order valence-electron chi connectivity index (χ4n) is 2.24. The summed E-state index contributed by atoms with van der Waals surface area (Å²) in [6.07, 6.45) is 0.257. The molecule has 1 heterocycles. The number of nitrogens with two attached hydrogens (primary N) is 1. The molecule has 4 N–H and O–H groups in total. The van der Waals surface area contributed by atoms with E-state index in [1.807, 2.05) is 24.3 Å². The number of carbonyl (C=O) groups excluding carboxylic acids is 2. The molecule has 0 atom stereocenters. The molecule has 24 heavy (non-hydrogen) atoms. The summed E-state index contributed by atoms with van der Waals surface area (Å²) in [6, 6.07) is 12.6. The van der Waals surface area contributed by atoms with E-state index in [0.29, 0.717) is 16.5 Å². The van der Waals surface area contributed by atoms with Crippen molar-refractivity contribution in [2.45, 2.75) is 13.3 Å². The van der Waals surface area contributed by atoms with Gasteiger partial charge < -0.3 is 16.4 Å². The van der Waals surface area contributed by atoms with Gasteiger partial charge in [-0.05, 0) is 35.9 Å². The van der Waals surface area contributed by atoms with E-state index in [1.54, 1.807) is 18.2 Å². The third-order valence-corrected chi connectivity index (χ3v) is 4.23. The van der Waals surface area contributed by atoms with Crippen LogP contribution in [-0.4, -0.2) is 16.8 Å². The molecular weight excluding hydrogens is 324 g/mol. The van der Waals surface area contributed by atoms with Gasteiger partial charge in [0.15, 0.2) is 5.13 Å². The standard InChI is InChI=1S/C17H16N4O2S/c1-10(22)19-13-6-7-14-15(9-13)24-17(20-14)21-16(23)8-11-2-4-12(18)5-3-11/h2-7,9H,8,18H2,1H3,(H,19,22)(H,20,21,23). The third-order valence-electron chi connectivity index (χ3n) is 3.30. The van der Waals surface area contributed by atoms with Crippen molar-refractivity contribution in [1.29, 1.82) is 0 Å². The van der Waals surface area contributed by atoms with E-state index >= 15 is 0 Å². The molecule has 3 rings (SSSR count). The summed E-state index contributed by atoms with van der Waals surface area (Å²) in [5, 5.41) is 6.06. The molecular formula is C17H16N4O2S. The molecule has 0 saturated carbocycles. The van der Waals surface area contributed by atoms with Crippen molar-refractivity contribution in [3.05, 3.63) is 48.0 Å². The van der Waals surface area contributed by atoms with Crippen LogP contribution < -0.4 is 16.4 Å². The number of thiazole rings is 1. The number of nitrogen functional groups attached to an aromatic ring is 1. The van der Waals surface area contributed by atoms with E-state index in [0.717, 1.165) is 15.8 Å². The van der Waals surface area contributed by atoms with Crippen LogP contribution in [0.15, 0.2) is 42.5 Å². The van der Waals surface area contributed by atoms with Gasteiger partial charge in [-0.2, -0.15) is 0 Å². The number of benzene rings is 2. The first-order valence-electron chi connectivity index (χ1n) is 7.32. The van der Waals surface area contributed by atoms with Crippen LogP contribution in [0.4, 0.5) is 16.5 Å². The lowest BCUT2D eigenvalue weighted by atomic mass is 10.1. The Kier molecular flexibility index (Phi) is 4.43. The van der Waals surface area contributed by atoms with Crippen LogP contribution in [0, 0.1) is 0 Å². The molecule has 3 aromatic rings. The van der Waals surface area contributed by atoms with Crippen LogP contribution in [0.25, 0.3) is 10.2 Å². The van der Waals surface area contributed by atoms with E-state index in [4.69, 9.17) is 5.73 Å². The lowest BCUT2D eigenvalue weighted by Crippen LogP contribution is -2.14. The normalized spacial score (nSPS) is 10.5. The van der Waals surface area contributed by atoms with Crippen molar-refractivity contribution in [3.8, 4) is 0 Å². The topological polar surface area (TPSA) is 97.1 Å².